The van der Waals surface area contributed by atoms with Gasteiger partial charge in [-0.05, 0) is 25.2 Å². The lowest BCUT2D eigenvalue weighted by Crippen LogP contribution is -2.25. The average molecular weight is 353 g/mol. The van der Waals surface area contributed by atoms with Gasteiger partial charge in [-0.15, -0.1) is 0 Å². The first kappa shape index (κ1) is 23.4. The standard InChI is InChI=1S/C12H20O2.C9H16O2/c1-3-9-14-12(13)10(2)11-7-5-4-6-8-11;1-3-5-6-7-9(10)11-8-4-2/h3,10-11H,1,4-9H2,2H3;4H,2-3,5-8H2,1H3. The number of rotatable bonds is 10. The SMILES string of the molecule is C=CCOC(=O)C(C)C1CCCCC1.C=CCOC(=O)CCCCC. The van der Waals surface area contributed by atoms with E-state index in [0.717, 1.165) is 19.3 Å². The summed E-state index contributed by atoms with van der Waals surface area (Å²) in [7, 11) is 0. The summed E-state index contributed by atoms with van der Waals surface area (Å²) in [5.74, 6) is 0.437. The van der Waals surface area contributed by atoms with Crippen molar-refractivity contribution in [2.75, 3.05) is 13.2 Å². The van der Waals surface area contributed by atoms with Crippen LogP contribution in [0.5, 0.6) is 0 Å². The molecule has 4 heteroatoms. The second kappa shape index (κ2) is 15.9. The molecule has 144 valence electrons. The summed E-state index contributed by atoms with van der Waals surface area (Å²) in [6.45, 7) is 11.8. The van der Waals surface area contributed by atoms with Gasteiger partial charge in [0, 0.05) is 6.42 Å². The van der Waals surface area contributed by atoms with Crippen molar-refractivity contribution < 1.29 is 19.1 Å². The van der Waals surface area contributed by atoms with E-state index in [-0.39, 0.29) is 17.9 Å². The molecule has 4 nitrogen and oxygen atoms in total. The van der Waals surface area contributed by atoms with Crippen LogP contribution in [0.15, 0.2) is 25.3 Å². The summed E-state index contributed by atoms with van der Waals surface area (Å²) in [5, 5.41) is 0. The van der Waals surface area contributed by atoms with E-state index < -0.39 is 0 Å². The highest BCUT2D eigenvalue weighted by Crippen LogP contribution is 2.30. The molecule has 1 aliphatic carbocycles. The third kappa shape index (κ3) is 12.4. The zero-order valence-electron chi connectivity index (χ0n) is 16.1. The molecular formula is C21H36O4. The molecule has 0 radical (unpaired) electrons. The lowest BCUT2D eigenvalue weighted by Gasteiger charge is -2.25. The minimum Gasteiger partial charge on any atom is -0.461 e. The number of hydrogen-bond acceptors (Lipinski definition) is 4. The summed E-state index contributed by atoms with van der Waals surface area (Å²) in [4.78, 5) is 22.3. The predicted octanol–water partition coefficient (Wildman–Crippen LogP) is 5.23. The van der Waals surface area contributed by atoms with Crippen LogP contribution in [0.2, 0.25) is 0 Å². The molecule has 0 aromatic rings. The van der Waals surface area contributed by atoms with Crippen LogP contribution < -0.4 is 0 Å². The average Bonchev–Trinajstić information content (AvgIpc) is 2.65. The van der Waals surface area contributed by atoms with Gasteiger partial charge in [0.05, 0.1) is 5.92 Å². The number of esters is 2. The number of unbranched alkanes of at least 4 members (excludes halogenated alkanes) is 2. The van der Waals surface area contributed by atoms with Gasteiger partial charge in [-0.3, -0.25) is 9.59 Å². The molecule has 0 saturated heterocycles. The molecule has 0 aromatic carbocycles. The van der Waals surface area contributed by atoms with Crippen LogP contribution >= 0.6 is 0 Å². The van der Waals surface area contributed by atoms with Crippen LogP contribution in [0.25, 0.3) is 0 Å². The van der Waals surface area contributed by atoms with Gasteiger partial charge < -0.3 is 9.47 Å². The van der Waals surface area contributed by atoms with Crippen LogP contribution in [-0.2, 0) is 19.1 Å². The number of hydrogen-bond donors (Lipinski definition) is 0. The van der Waals surface area contributed by atoms with Gasteiger partial charge in [0.25, 0.3) is 0 Å². The Morgan fingerprint density at radius 1 is 1.04 bits per heavy atom. The van der Waals surface area contributed by atoms with Crippen LogP contribution in [-0.4, -0.2) is 25.2 Å². The van der Waals surface area contributed by atoms with E-state index in [1.165, 1.54) is 32.1 Å². The van der Waals surface area contributed by atoms with Gasteiger partial charge in [-0.1, -0.05) is 71.3 Å². The number of carbonyl (C=O) groups excluding carboxylic acids is 2. The van der Waals surface area contributed by atoms with Crippen molar-refractivity contribution in [2.24, 2.45) is 11.8 Å². The molecule has 1 aliphatic rings. The number of carbonyl (C=O) groups is 2. The molecule has 1 saturated carbocycles. The van der Waals surface area contributed by atoms with E-state index in [4.69, 9.17) is 9.47 Å². The Hall–Kier alpha value is -1.58. The van der Waals surface area contributed by atoms with E-state index >= 15 is 0 Å². The Morgan fingerprint density at radius 3 is 2.20 bits per heavy atom. The highest BCUT2D eigenvalue weighted by molar-refractivity contribution is 5.72. The predicted molar refractivity (Wildman–Crippen MR) is 102 cm³/mol. The molecule has 0 heterocycles. The highest BCUT2D eigenvalue weighted by atomic mass is 16.5. The van der Waals surface area contributed by atoms with Gasteiger partial charge in [0.15, 0.2) is 0 Å². The molecule has 0 spiro atoms. The first-order valence-electron chi connectivity index (χ1n) is 9.60. The molecule has 0 N–H and O–H groups in total. The highest BCUT2D eigenvalue weighted by Gasteiger charge is 2.26. The van der Waals surface area contributed by atoms with Crippen LogP contribution in [0.3, 0.4) is 0 Å². The van der Waals surface area contributed by atoms with Crippen molar-refractivity contribution in [3.63, 3.8) is 0 Å². The maximum absolute atomic E-state index is 11.5. The summed E-state index contributed by atoms with van der Waals surface area (Å²) >= 11 is 0. The first-order valence-corrected chi connectivity index (χ1v) is 9.60. The molecule has 1 rings (SSSR count). The Bertz CT molecular complexity index is 383. The fourth-order valence-corrected chi connectivity index (χ4v) is 2.84. The second-order valence-electron chi connectivity index (χ2n) is 6.53. The fourth-order valence-electron chi connectivity index (χ4n) is 2.84. The normalized spacial score (nSPS) is 15.3. The minimum atomic E-state index is -0.113. The van der Waals surface area contributed by atoms with Gasteiger partial charge in [0.1, 0.15) is 13.2 Å². The molecule has 0 aromatic heterocycles. The Labute approximate surface area is 153 Å². The molecule has 0 bridgehead atoms. The zero-order valence-corrected chi connectivity index (χ0v) is 16.1. The van der Waals surface area contributed by atoms with E-state index in [2.05, 4.69) is 20.1 Å². The van der Waals surface area contributed by atoms with Crippen LogP contribution in [0.4, 0.5) is 0 Å². The molecule has 1 fully saturated rings. The van der Waals surface area contributed by atoms with Crippen molar-refractivity contribution in [3.05, 3.63) is 25.3 Å². The lowest BCUT2D eigenvalue weighted by atomic mass is 9.81. The Balaban J connectivity index is 0.000000477. The Morgan fingerprint density at radius 2 is 1.64 bits per heavy atom. The largest absolute Gasteiger partial charge is 0.461 e. The van der Waals surface area contributed by atoms with E-state index in [1.54, 1.807) is 12.2 Å². The smallest absolute Gasteiger partial charge is 0.309 e. The topological polar surface area (TPSA) is 52.6 Å². The quantitative estimate of drug-likeness (QED) is 0.307. The van der Waals surface area contributed by atoms with Crippen molar-refractivity contribution in [2.45, 2.75) is 71.6 Å². The van der Waals surface area contributed by atoms with Crippen molar-refractivity contribution in [1.29, 1.82) is 0 Å². The van der Waals surface area contributed by atoms with E-state index in [9.17, 15) is 9.59 Å². The van der Waals surface area contributed by atoms with Crippen LogP contribution in [0, 0.1) is 11.8 Å². The van der Waals surface area contributed by atoms with Crippen molar-refractivity contribution >= 4 is 11.9 Å². The van der Waals surface area contributed by atoms with E-state index in [0.29, 0.717) is 25.6 Å². The molecule has 25 heavy (non-hydrogen) atoms. The summed E-state index contributed by atoms with van der Waals surface area (Å²) in [6, 6.07) is 0. The second-order valence-corrected chi connectivity index (χ2v) is 6.53. The van der Waals surface area contributed by atoms with E-state index in [1.807, 2.05) is 6.92 Å². The summed E-state index contributed by atoms with van der Waals surface area (Å²) in [5.41, 5.74) is 0. The van der Waals surface area contributed by atoms with Crippen LogP contribution in [0.1, 0.15) is 71.6 Å². The molecule has 1 unspecified atom stereocenters. The van der Waals surface area contributed by atoms with Gasteiger partial charge in [0.2, 0.25) is 0 Å². The lowest BCUT2D eigenvalue weighted by molar-refractivity contribution is -0.149. The van der Waals surface area contributed by atoms with Gasteiger partial charge in [-0.25, -0.2) is 0 Å². The maximum Gasteiger partial charge on any atom is 0.309 e. The fraction of sp³-hybridized carbons (Fsp3) is 0.714. The molecular weight excluding hydrogens is 316 g/mol. The third-order valence-corrected chi connectivity index (χ3v) is 4.42. The number of ether oxygens (including phenoxy) is 2. The molecule has 0 amide bonds. The maximum atomic E-state index is 11.5. The third-order valence-electron chi connectivity index (χ3n) is 4.42. The molecule has 0 aliphatic heterocycles. The first-order chi connectivity index (χ1) is 12.1. The summed E-state index contributed by atoms with van der Waals surface area (Å²) in [6.07, 6.45) is 13.1. The van der Waals surface area contributed by atoms with Gasteiger partial charge >= 0.3 is 11.9 Å². The molecule has 1 atom stereocenters. The van der Waals surface area contributed by atoms with Crippen molar-refractivity contribution in [3.8, 4) is 0 Å². The van der Waals surface area contributed by atoms with Crippen molar-refractivity contribution in [1.82, 2.24) is 0 Å². The Kier molecular flexibility index (Phi) is 14.9. The van der Waals surface area contributed by atoms with Gasteiger partial charge in [-0.2, -0.15) is 0 Å². The minimum absolute atomic E-state index is 0.0585. The summed E-state index contributed by atoms with van der Waals surface area (Å²) < 4.78 is 9.83. The zero-order chi connectivity index (χ0) is 18.9. The monoisotopic (exact) mass is 352 g/mol.